The second-order valence-corrected chi connectivity index (χ2v) is 6.45. The molecule has 1 spiro atoms. The van der Waals surface area contributed by atoms with E-state index in [0.717, 1.165) is 30.2 Å². The zero-order valence-electron chi connectivity index (χ0n) is 12.0. The fourth-order valence-electron chi connectivity index (χ4n) is 3.74. The zero-order chi connectivity index (χ0) is 13.3. The van der Waals surface area contributed by atoms with Crippen molar-refractivity contribution in [3.8, 4) is 0 Å². The number of aromatic nitrogens is 1. The Balaban J connectivity index is 1.67. The number of rotatable bonds is 1. The van der Waals surface area contributed by atoms with Crippen molar-refractivity contribution < 1.29 is 0 Å². The van der Waals surface area contributed by atoms with Crippen LogP contribution in [0.3, 0.4) is 0 Å². The minimum absolute atomic E-state index is 0.664. The number of nitrogen functional groups attached to an aromatic ring is 1. The van der Waals surface area contributed by atoms with Gasteiger partial charge in [0.2, 0.25) is 0 Å². The summed E-state index contributed by atoms with van der Waals surface area (Å²) in [7, 11) is 0. The molecular formula is C16H25N3. The quantitative estimate of drug-likeness (QED) is 0.839. The smallest absolute Gasteiger partial charge is 0.128 e. The Morgan fingerprint density at radius 1 is 1.11 bits per heavy atom. The van der Waals surface area contributed by atoms with Gasteiger partial charge in [-0.25, -0.2) is 4.98 Å². The van der Waals surface area contributed by atoms with Crippen molar-refractivity contribution in [1.29, 1.82) is 0 Å². The monoisotopic (exact) mass is 259 g/mol. The van der Waals surface area contributed by atoms with E-state index in [0.29, 0.717) is 5.41 Å². The van der Waals surface area contributed by atoms with Crippen molar-refractivity contribution in [1.82, 2.24) is 4.98 Å². The average Bonchev–Trinajstić information content (AvgIpc) is 2.44. The summed E-state index contributed by atoms with van der Waals surface area (Å²) in [6.45, 7) is 4.39. The van der Waals surface area contributed by atoms with Crippen molar-refractivity contribution in [2.45, 2.75) is 51.9 Å². The van der Waals surface area contributed by atoms with Crippen LogP contribution in [0.2, 0.25) is 0 Å². The molecule has 0 amide bonds. The van der Waals surface area contributed by atoms with Gasteiger partial charge >= 0.3 is 0 Å². The van der Waals surface area contributed by atoms with Crippen LogP contribution >= 0.6 is 0 Å². The van der Waals surface area contributed by atoms with E-state index < -0.39 is 0 Å². The maximum absolute atomic E-state index is 5.85. The molecule has 0 unspecified atom stereocenters. The van der Waals surface area contributed by atoms with E-state index in [4.69, 9.17) is 5.73 Å². The summed E-state index contributed by atoms with van der Waals surface area (Å²) in [6.07, 6.45) is 11.7. The molecule has 1 aromatic heterocycles. The summed E-state index contributed by atoms with van der Waals surface area (Å²) < 4.78 is 0. The first-order valence-corrected chi connectivity index (χ1v) is 7.66. The van der Waals surface area contributed by atoms with E-state index in [-0.39, 0.29) is 0 Å². The van der Waals surface area contributed by atoms with E-state index in [2.05, 4.69) is 22.9 Å². The van der Waals surface area contributed by atoms with Crippen LogP contribution in [0, 0.1) is 12.3 Å². The molecule has 1 aliphatic carbocycles. The van der Waals surface area contributed by atoms with Crippen LogP contribution in [0.15, 0.2) is 12.3 Å². The summed E-state index contributed by atoms with van der Waals surface area (Å²) in [4.78, 5) is 6.93. The molecular weight excluding hydrogens is 234 g/mol. The van der Waals surface area contributed by atoms with Gasteiger partial charge in [-0.05, 0) is 49.7 Å². The van der Waals surface area contributed by atoms with E-state index in [1.54, 1.807) is 6.20 Å². The molecule has 2 N–H and O–H groups in total. The summed E-state index contributed by atoms with van der Waals surface area (Å²) in [5.41, 5.74) is 8.45. The van der Waals surface area contributed by atoms with E-state index in [1.807, 2.05) is 0 Å². The molecule has 19 heavy (non-hydrogen) atoms. The van der Waals surface area contributed by atoms with Crippen LogP contribution in [0.1, 0.15) is 50.5 Å². The maximum Gasteiger partial charge on any atom is 0.128 e. The molecule has 3 heteroatoms. The molecule has 3 rings (SSSR count). The number of pyridine rings is 1. The second kappa shape index (κ2) is 5.03. The maximum atomic E-state index is 5.85. The van der Waals surface area contributed by atoms with E-state index in [9.17, 15) is 0 Å². The van der Waals surface area contributed by atoms with Gasteiger partial charge in [0.15, 0.2) is 0 Å². The molecule has 1 saturated carbocycles. The highest BCUT2D eigenvalue weighted by molar-refractivity contribution is 5.52. The minimum Gasteiger partial charge on any atom is -0.397 e. The average molecular weight is 259 g/mol. The number of hydrogen-bond donors (Lipinski definition) is 1. The summed E-state index contributed by atoms with van der Waals surface area (Å²) in [5.74, 6) is 1.11. The molecule has 0 aromatic carbocycles. The molecule has 0 atom stereocenters. The minimum atomic E-state index is 0.664. The number of anilines is 2. The van der Waals surface area contributed by atoms with Gasteiger partial charge in [0.25, 0.3) is 0 Å². The van der Waals surface area contributed by atoms with Gasteiger partial charge in [-0.1, -0.05) is 19.3 Å². The van der Waals surface area contributed by atoms with Gasteiger partial charge in [0, 0.05) is 13.1 Å². The lowest BCUT2D eigenvalue weighted by molar-refractivity contribution is 0.144. The molecule has 3 nitrogen and oxygen atoms in total. The molecule has 2 fully saturated rings. The van der Waals surface area contributed by atoms with Gasteiger partial charge in [0.1, 0.15) is 5.82 Å². The van der Waals surface area contributed by atoms with Crippen molar-refractivity contribution >= 4 is 11.5 Å². The fraction of sp³-hybridized carbons (Fsp3) is 0.688. The molecule has 0 bridgehead atoms. The molecule has 2 heterocycles. The Bertz CT molecular complexity index is 439. The van der Waals surface area contributed by atoms with Crippen LogP contribution < -0.4 is 10.6 Å². The van der Waals surface area contributed by atoms with Gasteiger partial charge in [-0.3, -0.25) is 0 Å². The Morgan fingerprint density at radius 2 is 1.79 bits per heavy atom. The number of nitrogens with zero attached hydrogens (tertiary/aromatic N) is 2. The molecule has 0 radical (unpaired) electrons. The van der Waals surface area contributed by atoms with Gasteiger partial charge in [-0.2, -0.15) is 0 Å². The predicted molar refractivity (Wildman–Crippen MR) is 80.4 cm³/mol. The third-order valence-electron chi connectivity index (χ3n) is 5.20. The van der Waals surface area contributed by atoms with Gasteiger partial charge in [-0.15, -0.1) is 0 Å². The van der Waals surface area contributed by atoms with Crippen LogP contribution in [0.4, 0.5) is 11.5 Å². The van der Waals surface area contributed by atoms with Crippen molar-refractivity contribution in [3.05, 3.63) is 17.8 Å². The number of hydrogen-bond acceptors (Lipinski definition) is 3. The highest BCUT2D eigenvalue weighted by Crippen LogP contribution is 2.44. The normalized spacial score (nSPS) is 22.7. The van der Waals surface area contributed by atoms with Crippen LogP contribution in [0.25, 0.3) is 0 Å². The number of aryl methyl sites for hydroxylation is 1. The Labute approximate surface area is 116 Å². The van der Waals surface area contributed by atoms with Crippen LogP contribution in [-0.4, -0.2) is 18.1 Å². The standard InChI is InChI=1S/C16H25N3/c1-13-11-15(18-12-14(13)17)19-9-7-16(8-10-19)5-3-2-4-6-16/h11-12H,2-10,17H2,1H3. The summed E-state index contributed by atoms with van der Waals surface area (Å²) >= 11 is 0. The summed E-state index contributed by atoms with van der Waals surface area (Å²) in [6, 6.07) is 2.13. The topological polar surface area (TPSA) is 42.2 Å². The van der Waals surface area contributed by atoms with Gasteiger partial charge < -0.3 is 10.6 Å². The van der Waals surface area contributed by atoms with Crippen LogP contribution in [-0.2, 0) is 0 Å². The van der Waals surface area contributed by atoms with Crippen molar-refractivity contribution in [2.24, 2.45) is 5.41 Å². The van der Waals surface area contributed by atoms with Crippen molar-refractivity contribution in [3.63, 3.8) is 0 Å². The highest BCUT2D eigenvalue weighted by atomic mass is 15.2. The van der Waals surface area contributed by atoms with E-state index in [1.165, 1.54) is 44.9 Å². The SMILES string of the molecule is Cc1cc(N2CCC3(CCCCC3)CC2)ncc1N. The fourth-order valence-corrected chi connectivity index (χ4v) is 3.74. The third kappa shape index (κ3) is 2.56. The summed E-state index contributed by atoms with van der Waals surface area (Å²) in [5, 5.41) is 0. The Kier molecular flexibility index (Phi) is 3.38. The molecule has 2 aliphatic rings. The number of piperidine rings is 1. The first kappa shape index (κ1) is 12.8. The first-order valence-electron chi connectivity index (χ1n) is 7.66. The molecule has 1 saturated heterocycles. The lowest BCUT2D eigenvalue weighted by Crippen LogP contribution is -2.41. The predicted octanol–water partition coefficient (Wildman–Crippen LogP) is 3.52. The molecule has 1 aliphatic heterocycles. The first-order chi connectivity index (χ1) is 9.19. The zero-order valence-corrected chi connectivity index (χ0v) is 12.0. The molecule has 1 aromatic rings. The Hall–Kier alpha value is -1.25. The lowest BCUT2D eigenvalue weighted by atomic mass is 9.68. The van der Waals surface area contributed by atoms with E-state index >= 15 is 0 Å². The third-order valence-corrected chi connectivity index (χ3v) is 5.20. The number of nitrogens with two attached hydrogens (primary N) is 1. The molecule has 104 valence electrons. The Morgan fingerprint density at radius 3 is 2.42 bits per heavy atom. The lowest BCUT2D eigenvalue weighted by Gasteiger charge is -2.44. The van der Waals surface area contributed by atoms with Crippen LogP contribution in [0.5, 0.6) is 0 Å². The highest BCUT2D eigenvalue weighted by Gasteiger charge is 2.35. The second-order valence-electron chi connectivity index (χ2n) is 6.45. The van der Waals surface area contributed by atoms with Crippen molar-refractivity contribution in [2.75, 3.05) is 23.7 Å². The van der Waals surface area contributed by atoms with Gasteiger partial charge in [0.05, 0.1) is 11.9 Å². The largest absolute Gasteiger partial charge is 0.397 e.